The molecule has 0 fully saturated rings. The van der Waals surface area contributed by atoms with Crippen molar-refractivity contribution in [2.45, 2.75) is 19.8 Å². The summed E-state index contributed by atoms with van der Waals surface area (Å²) in [6.07, 6.45) is 3.04. The van der Waals surface area contributed by atoms with E-state index >= 15 is 0 Å². The molecule has 0 spiro atoms. The summed E-state index contributed by atoms with van der Waals surface area (Å²) in [6, 6.07) is 5.40. The van der Waals surface area contributed by atoms with Crippen molar-refractivity contribution < 1.29 is 14.3 Å². The second-order valence-corrected chi connectivity index (χ2v) is 6.63. The molecule has 0 radical (unpaired) electrons. The predicted molar refractivity (Wildman–Crippen MR) is 97.3 cm³/mol. The number of carbonyl (C=O) groups is 1. The van der Waals surface area contributed by atoms with Crippen LogP contribution in [0.1, 0.15) is 18.1 Å². The van der Waals surface area contributed by atoms with Gasteiger partial charge < -0.3 is 9.47 Å². The fraction of sp³-hybridized carbons (Fsp3) is 0.211. The molecule has 0 saturated heterocycles. The summed E-state index contributed by atoms with van der Waals surface area (Å²) < 4.78 is 11.3. The van der Waals surface area contributed by atoms with E-state index in [9.17, 15) is 4.79 Å². The fourth-order valence-corrected chi connectivity index (χ4v) is 3.27. The van der Waals surface area contributed by atoms with E-state index in [1.165, 1.54) is 0 Å². The summed E-state index contributed by atoms with van der Waals surface area (Å²) >= 11 is 12.4. The van der Waals surface area contributed by atoms with E-state index in [4.69, 9.17) is 32.7 Å². The van der Waals surface area contributed by atoms with Gasteiger partial charge in [-0.2, -0.15) is 0 Å². The van der Waals surface area contributed by atoms with Crippen LogP contribution in [0.3, 0.4) is 0 Å². The molecule has 0 heterocycles. The molecule has 2 aromatic carbocycles. The maximum absolute atomic E-state index is 12.1. The minimum atomic E-state index is -0.468. The van der Waals surface area contributed by atoms with Gasteiger partial charge in [-0.05, 0) is 31.5 Å². The standard InChI is InChI=1S/C19H16Cl2O3/c1-10(2)19(22)24-18-14-7-5-11(20)8-15(14)17(23-3)13-6-4-12(21)9-16(13)18/h4-5,7-8H,1,6,9H2,2-3H3. The molecule has 1 aliphatic carbocycles. The van der Waals surface area contributed by atoms with Crippen LogP contribution in [-0.4, -0.2) is 13.1 Å². The Bertz CT molecular complexity index is 897. The smallest absolute Gasteiger partial charge is 0.338 e. The van der Waals surface area contributed by atoms with Crippen molar-refractivity contribution >= 4 is 39.9 Å². The third kappa shape index (κ3) is 2.90. The number of rotatable bonds is 3. The molecule has 0 aromatic heterocycles. The Morgan fingerprint density at radius 3 is 2.58 bits per heavy atom. The third-order valence-corrected chi connectivity index (χ3v) is 4.53. The molecule has 2 aromatic rings. The highest BCUT2D eigenvalue weighted by atomic mass is 35.5. The average Bonchev–Trinajstić information content (AvgIpc) is 2.54. The van der Waals surface area contributed by atoms with Gasteiger partial charge in [0.25, 0.3) is 0 Å². The zero-order valence-corrected chi connectivity index (χ0v) is 14.9. The first-order valence-corrected chi connectivity index (χ1v) is 8.21. The molecular weight excluding hydrogens is 347 g/mol. The van der Waals surface area contributed by atoms with Crippen LogP contribution in [0.4, 0.5) is 0 Å². The Kier molecular flexibility index (Phi) is 4.57. The van der Waals surface area contributed by atoms with Gasteiger partial charge in [-0.3, -0.25) is 0 Å². The zero-order chi connectivity index (χ0) is 17.4. The van der Waals surface area contributed by atoms with Crippen molar-refractivity contribution in [1.29, 1.82) is 0 Å². The number of fused-ring (bicyclic) bond motifs is 2. The van der Waals surface area contributed by atoms with Crippen molar-refractivity contribution in [2.24, 2.45) is 0 Å². The van der Waals surface area contributed by atoms with Gasteiger partial charge in [-0.1, -0.05) is 35.9 Å². The van der Waals surface area contributed by atoms with E-state index in [0.29, 0.717) is 34.2 Å². The van der Waals surface area contributed by atoms with E-state index < -0.39 is 5.97 Å². The summed E-state index contributed by atoms with van der Waals surface area (Å²) in [5.41, 5.74) is 2.16. The number of halogens is 2. The van der Waals surface area contributed by atoms with Gasteiger partial charge in [-0.25, -0.2) is 4.79 Å². The highest BCUT2D eigenvalue weighted by Gasteiger charge is 2.25. The molecule has 0 atom stereocenters. The normalized spacial score (nSPS) is 13.2. The molecule has 3 rings (SSSR count). The zero-order valence-electron chi connectivity index (χ0n) is 13.4. The predicted octanol–water partition coefficient (Wildman–Crippen LogP) is 5.20. The quantitative estimate of drug-likeness (QED) is 0.427. The van der Waals surface area contributed by atoms with E-state index in [0.717, 1.165) is 27.6 Å². The van der Waals surface area contributed by atoms with Crippen LogP contribution in [0.25, 0.3) is 10.8 Å². The number of esters is 1. The minimum Gasteiger partial charge on any atom is -0.496 e. The number of ether oxygens (including phenoxy) is 2. The first-order chi connectivity index (χ1) is 11.4. The van der Waals surface area contributed by atoms with Crippen molar-refractivity contribution in [1.82, 2.24) is 0 Å². The van der Waals surface area contributed by atoms with E-state index in [-0.39, 0.29) is 0 Å². The van der Waals surface area contributed by atoms with E-state index in [1.807, 2.05) is 18.2 Å². The molecule has 0 saturated carbocycles. The number of methoxy groups -OCH3 is 1. The Labute approximate surface area is 150 Å². The van der Waals surface area contributed by atoms with Crippen LogP contribution in [0.15, 0.2) is 41.5 Å². The summed E-state index contributed by atoms with van der Waals surface area (Å²) in [4.78, 5) is 12.1. The van der Waals surface area contributed by atoms with Gasteiger partial charge in [0.2, 0.25) is 0 Å². The number of hydrogen-bond acceptors (Lipinski definition) is 3. The monoisotopic (exact) mass is 362 g/mol. The maximum atomic E-state index is 12.1. The Hall–Kier alpha value is -1.97. The van der Waals surface area contributed by atoms with Crippen molar-refractivity contribution in [3.05, 3.63) is 57.6 Å². The molecule has 1 aliphatic rings. The summed E-state index contributed by atoms with van der Waals surface area (Å²) in [5, 5.41) is 2.86. The number of carbonyl (C=O) groups excluding carboxylic acids is 1. The highest BCUT2D eigenvalue weighted by molar-refractivity contribution is 6.31. The van der Waals surface area contributed by atoms with E-state index in [1.54, 1.807) is 20.1 Å². The van der Waals surface area contributed by atoms with Gasteiger partial charge in [0.15, 0.2) is 0 Å². The molecule has 0 bridgehead atoms. The molecule has 0 N–H and O–H groups in total. The molecule has 24 heavy (non-hydrogen) atoms. The van der Waals surface area contributed by atoms with Crippen LogP contribution < -0.4 is 9.47 Å². The summed E-state index contributed by atoms with van der Waals surface area (Å²) in [6.45, 7) is 5.26. The Balaban J connectivity index is 2.34. The van der Waals surface area contributed by atoms with Gasteiger partial charge in [-0.15, -0.1) is 0 Å². The number of allylic oxidation sites excluding steroid dienone is 2. The fourth-order valence-electron chi connectivity index (χ4n) is 2.89. The second kappa shape index (κ2) is 6.50. The molecule has 0 aliphatic heterocycles. The average molecular weight is 363 g/mol. The Morgan fingerprint density at radius 1 is 1.17 bits per heavy atom. The second-order valence-electron chi connectivity index (χ2n) is 5.71. The number of hydrogen-bond donors (Lipinski definition) is 0. The Morgan fingerprint density at radius 2 is 1.92 bits per heavy atom. The molecule has 5 heteroatoms. The SMILES string of the molecule is C=C(C)C(=O)Oc1c2c(c(OC)c3cc(Cl)ccc13)CC=C(Cl)C2. The minimum absolute atomic E-state index is 0.333. The lowest BCUT2D eigenvalue weighted by Gasteiger charge is -2.23. The van der Waals surface area contributed by atoms with Gasteiger partial charge in [0, 0.05) is 43.9 Å². The molecule has 0 unspecified atom stereocenters. The molecule has 124 valence electrons. The van der Waals surface area contributed by atoms with Crippen LogP contribution >= 0.6 is 23.2 Å². The summed E-state index contributed by atoms with van der Waals surface area (Å²) in [5.74, 6) is 0.763. The van der Waals surface area contributed by atoms with Gasteiger partial charge in [0.1, 0.15) is 11.5 Å². The number of benzene rings is 2. The lowest BCUT2D eigenvalue weighted by atomic mass is 9.90. The van der Waals surface area contributed by atoms with Gasteiger partial charge >= 0.3 is 5.97 Å². The topological polar surface area (TPSA) is 35.5 Å². The van der Waals surface area contributed by atoms with Crippen LogP contribution in [0.2, 0.25) is 5.02 Å². The lowest BCUT2D eigenvalue weighted by molar-refractivity contribution is -0.130. The highest BCUT2D eigenvalue weighted by Crippen LogP contribution is 2.45. The first-order valence-electron chi connectivity index (χ1n) is 7.45. The molecule has 3 nitrogen and oxygen atoms in total. The van der Waals surface area contributed by atoms with Crippen LogP contribution in [-0.2, 0) is 17.6 Å². The van der Waals surface area contributed by atoms with Crippen LogP contribution in [0, 0.1) is 0 Å². The maximum Gasteiger partial charge on any atom is 0.338 e. The molecular formula is C19H16Cl2O3. The van der Waals surface area contributed by atoms with E-state index in [2.05, 4.69) is 6.58 Å². The van der Waals surface area contributed by atoms with Crippen molar-refractivity contribution in [2.75, 3.05) is 7.11 Å². The van der Waals surface area contributed by atoms with Crippen LogP contribution in [0.5, 0.6) is 11.5 Å². The third-order valence-electron chi connectivity index (χ3n) is 4.00. The van der Waals surface area contributed by atoms with Gasteiger partial charge in [0.05, 0.1) is 7.11 Å². The summed E-state index contributed by atoms with van der Waals surface area (Å²) in [7, 11) is 1.62. The largest absolute Gasteiger partial charge is 0.496 e. The van der Waals surface area contributed by atoms with Crippen molar-refractivity contribution in [3.8, 4) is 11.5 Å². The first kappa shape index (κ1) is 16.9. The molecule has 0 amide bonds. The lowest BCUT2D eigenvalue weighted by Crippen LogP contribution is -2.13. The van der Waals surface area contributed by atoms with Crippen molar-refractivity contribution in [3.63, 3.8) is 0 Å².